The van der Waals surface area contributed by atoms with Crippen molar-refractivity contribution >= 4 is 28.6 Å². The highest BCUT2D eigenvalue weighted by Gasteiger charge is 2.35. The number of hydrogen-bond acceptors (Lipinski definition) is 5. The molecule has 140 valence electrons. The molecule has 1 aliphatic heterocycles. The maximum absolute atomic E-state index is 12.8. The Morgan fingerprint density at radius 2 is 2.35 bits per heavy atom. The molecule has 1 saturated heterocycles. The van der Waals surface area contributed by atoms with Gasteiger partial charge in [0.1, 0.15) is 12.3 Å². The van der Waals surface area contributed by atoms with Crippen LogP contribution in [-0.4, -0.2) is 46.0 Å². The molecule has 1 aliphatic carbocycles. The van der Waals surface area contributed by atoms with Gasteiger partial charge in [0, 0.05) is 12.4 Å². The van der Waals surface area contributed by atoms with Crippen molar-refractivity contribution in [2.45, 2.75) is 44.2 Å². The lowest BCUT2D eigenvalue weighted by Gasteiger charge is -2.34. The highest BCUT2D eigenvalue weighted by molar-refractivity contribution is 6.36. The Hall–Kier alpha value is -1.63. The fraction of sp³-hybridized carbons (Fsp3) is 0.579. The molecule has 7 heteroatoms. The second-order valence-electron chi connectivity index (χ2n) is 7.63. The Bertz CT molecular complexity index is 832. The van der Waals surface area contributed by atoms with Gasteiger partial charge in [-0.05, 0) is 24.8 Å². The van der Waals surface area contributed by atoms with E-state index < -0.39 is 11.6 Å². The van der Waals surface area contributed by atoms with Crippen molar-refractivity contribution in [2.75, 3.05) is 19.8 Å². The smallest absolute Gasteiger partial charge is 0.340 e. The van der Waals surface area contributed by atoms with Gasteiger partial charge in [-0.1, -0.05) is 31.4 Å². The Morgan fingerprint density at radius 3 is 3.04 bits per heavy atom. The Labute approximate surface area is 157 Å². The number of fused-ring (bicyclic) bond motifs is 1. The fourth-order valence-electron chi connectivity index (χ4n) is 4.00. The third-order valence-electron chi connectivity index (χ3n) is 5.44. The van der Waals surface area contributed by atoms with Gasteiger partial charge in [0.25, 0.3) is 0 Å². The molecule has 3 heterocycles. The molecule has 1 N–H and O–H groups in total. The van der Waals surface area contributed by atoms with Crippen LogP contribution < -0.4 is 0 Å². The summed E-state index contributed by atoms with van der Waals surface area (Å²) < 4.78 is 12.7. The van der Waals surface area contributed by atoms with Crippen LogP contribution in [0.25, 0.3) is 11.0 Å². The number of rotatable bonds is 4. The van der Waals surface area contributed by atoms with Gasteiger partial charge in [-0.2, -0.15) is 0 Å². The number of pyridine rings is 1. The molecule has 2 aliphatic rings. The predicted molar refractivity (Wildman–Crippen MR) is 97.5 cm³/mol. The highest BCUT2D eigenvalue weighted by Crippen LogP contribution is 2.34. The monoisotopic (exact) mass is 378 g/mol. The van der Waals surface area contributed by atoms with Crippen molar-refractivity contribution in [1.29, 1.82) is 0 Å². The van der Waals surface area contributed by atoms with Crippen LogP contribution in [-0.2, 0) is 9.47 Å². The van der Waals surface area contributed by atoms with E-state index in [4.69, 9.17) is 21.1 Å². The van der Waals surface area contributed by atoms with E-state index in [9.17, 15) is 9.90 Å². The van der Waals surface area contributed by atoms with E-state index in [-0.39, 0.29) is 12.6 Å². The zero-order valence-corrected chi connectivity index (χ0v) is 15.5. The first kappa shape index (κ1) is 17.8. The standard InChI is InChI=1S/C19H23ClN2O4/c1-12-3-2-5-19(24,7-12)11-26-18(23)14-8-22(13-9-25-10-13)17-16(14)15(20)4-6-21-17/h4,6,8,12-13,24H,2-3,5,7,9-11H2,1H3/t12-,19-/m1/s1. The van der Waals surface area contributed by atoms with Crippen molar-refractivity contribution in [3.05, 3.63) is 29.0 Å². The number of aromatic nitrogens is 2. The zero-order valence-electron chi connectivity index (χ0n) is 14.8. The summed E-state index contributed by atoms with van der Waals surface area (Å²) in [7, 11) is 0. The predicted octanol–water partition coefficient (Wildman–Crippen LogP) is 3.36. The van der Waals surface area contributed by atoms with Crippen LogP contribution in [0, 0.1) is 5.92 Å². The zero-order chi connectivity index (χ0) is 18.3. The van der Waals surface area contributed by atoms with Crippen LogP contribution in [0.4, 0.5) is 0 Å². The van der Waals surface area contributed by atoms with Crippen molar-refractivity contribution in [1.82, 2.24) is 9.55 Å². The second kappa shape index (κ2) is 6.83. The SMILES string of the molecule is C[C@@H]1CCC[C@](O)(COC(=O)c2cn(C3COC3)c3nccc(Cl)c23)C1. The number of carbonyl (C=O) groups excluding carboxylic acids is 1. The molecular weight excluding hydrogens is 356 g/mol. The summed E-state index contributed by atoms with van der Waals surface area (Å²) in [6.45, 7) is 3.30. The van der Waals surface area contributed by atoms with Gasteiger partial charge in [-0.25, -0.2) is 9.78 Å². The van der Waals surface area contributed by atoms with Crippen LogP contribution in [0.3, 0.4) is 0 Å². The van der Waals surface area contributed by atoms with Gasteiger partial charge in [-0.3, -0.25) is 0 Å². The number of ether oxygens (including phenoxy) is 2. The fourth-order valence-corrected chi connectivity index (χ4v) is 4.24. The van der Waals surface area contributed by atoms with Crippen molar-refractivity contribution < 1.29 is 19.4 Å². The summed E-state index contributed by atoms with van der Waals surface area (Å²) in [6, 6.07) is 1.81. The minimum Gasteiger partial charge on any atom is -0.459 e. The molecule has 26 heavy (non-hydrogen) atoms. The van der Waals surface area contributed by atoms with Crippen LogP contribution in [0.15, 0.2) is 18.5 Å². The van der Waals surface area contributed by atoms with Crippen LogP contribution in [0.1, 0.15) is 49.0 Å². The van der Waals surface area contributed by atoms with Gasteiger partial charge in [0.2, 0.25) is 0 Å². The largest absolute Gasteiger partial charge is 0.459 e. The van der Waals surface area contributed by atoms with Crippen LogP contribution >= 0.6 is 11.6 Å². The number of nitrogens with zero attached hydrogens (tertiary/aromatic N) is 2. The number of aliphatic hydroxyl groups is 1. The molecule has 4 rings (SSSR count). The Balaban J connectivity index is 1.58. The lowest BCUT2D eigenvalue weighted by atomic mass is 9.79. The first-order valence-electron chi connectivity index (χ1n) is 9.09. The molecule has 0 bridgehead atoms. The normalized spacial score (nSPS) is 26.7. The van der Waals surface area contributed by atoms with Crippen molar-refractivity contribution in [3.8, 4) is 0 Å². The summed E-state index contributed by atoms with van der Waals surface area (Å²) >= 11 is 6.34. The Morgan fingerprint density at radius 1 is 1.54 bits per heavy atom. The van der Waals surface area contributed by atoms with Gasteiger partial charge < -0.3 is 19.1 Å². The first-order chi connectivity index (χ1) is 12.5. The van der Waals surface area contributed by atoms with E-state index in [0.717, 1.165) is 12.8 Å². The van der Waals surface area contributed by atoms with Gasteiger partial charge >= 0.3 is 5.97 Å². The molecule has 2 fully saturated rings. The maximum atomic E-state index is 12.8. The molecule has 0 aromatic carbocycles. The molecule has 0 unspecified atom stereocenters. The highest BCUT2D eigenvalue weighted by atomic mass is 35.5. The molecular formula is C19H23ClN2O4. The average Bonchev–Trinajstić information content (AvgIpc) is 2.92. The third kappa shape index (κ3) is 3.21. The van der Waals surface area contributed by atoms with E-state index in [2.05, 4.69) is 11.9 Å². The van der Waals surface area contributed by atoms with E-state index in [0.29, 0.717) is 53.6 Å². The van der Waals surface area contributed by atoms with E-state index in [1.165, 1.54) is 0 Å². The molecule has 2 aromatic rings. The van der Waals surface area contributed by atoms with Crippen molar-refractivity contribution in [2.24, 2.45) is 5.92 Å². The summed E-state index contributed by atoms with van der Waals surface area (Å²) in [4.78, 5) is 17.1. The lowest BCUT2D eigenvalue weighted by molar-refractivity contribution is -0.0641. The minimum absolute atomic E-state index is 0.00721. The summed E-state index contributed by atoms with van der Waals surface area (Å²) in [5.74, 6) is -0.0397. The molecule has 6 nitrogen and oxygen atoms in total. The average molecular weight is 379 g/mol. The lowest BCUT2D eigenvalue weighted by Crippen LogP contribution is -2.40. The van der Waals surface area contributed by atoms with Crippen LogP contribution in [0.5, 0.6) is 0 Å². The van der Waals surface area contributed by atoms with Crippen molar-refractivity contribution in [3.63, 3.8) is 0 Å². The first-order valence-corrected chi connectivity index (χ1v) is 9.47. The quantitative estimate of drug-likeness (QED) is 0.826. The number of hydrogen-bond donors (Lipinski definition) is 1. The van der Waals surface area contributed by atoms with Gasteiger partial charge in [-0.15, -0.1) is 0 Å². The number of esters is 1. The van der Waals surface area contributed by atoms with Gasteiger partial charge in [0.05, 0.1) is 40.8 Å². The maximum Gasteiger partial charge on any atom is 0.340 e. The van der Waals surface area contributed by atoms with E-state index >= 15 is 0 Å². The second-order valence-corrected chi connectivity index (χ2v) is 8.04. The molecule has 0 radical (unpaired) electrons. The Kier molecular flexibility index (Phi) is 4.67. The van der Waals surface area contributed by atoms with E-state index in [1.54, 1.807) is 18.5 Å². The molecule has 2 aromatic heterocycles. The molecule has 2 atom stereocenters. The number of carbonyl (C=O) groups is 1. The van der Waals surface area contributed by atoms with Crippen LogP contribution in [0.2, 0.25) is 5.02 Å². The molecule has 0 amide bonds. The third-order valence-corrected chi connectivity index (χ3v) is 5.75. The number of halogens is 1. The summed E-state index contributed by atoms with van der Waals surface area (Å²) in [5.41, 5.74) is 0.107. The molecule has 0 spiro atoms. The molecule has 1 saturated carbocycles. The minimum atomic E-state index is -0.935. The summed E-state index contributed by atoms with van der Waals surface area (Å²) in [5, 5.41) is 11.8. The van der Waals surface area contributed by atoms with E-state index in [1.807, 2.05) is 4.57 Å². The summed E-state index contributed by atoms with van der Waals surface area (Å²) in [6.07, 6.45) is 6.74. The van der Waals surface area contributed by atoms with Gasteiger partial charge in [0.15, 0.2) is 0 Å². The topological polar surface area (TPSA) is 73.6 Å².